The highest BCUT2D eigenvalue weighted by atomic mass is 31.0. The van der Waals surface area contributed by atoms with E-state index in [2.05, 4.69) is 322 Å². The van der Waals surface area contributed by atoms with E-state index in [1.807, 2.05) is 12.1 Å². The van der Waals surface area contributed by atoms with Crippen LogP contribution in [0, 0.1) is 5.82 Å². The highest BCUT2D eigenvalue weighted by Crippen LogP contribution is 2.64. The molecule has 5 heteroatoms. The molecule has 14 aromatic carbocycles. The van der Waals surface area contributed by atoms with E-state index < -0.39 is 5.41 Å². The van der Waals surface area contributed by atoms with Crippen LogP contribution in [0.15, 0.2) is 332 Å². The Labute approximate surface area is 513 Å². The molecule has 0 aliphatic heterocycles. The molecule has 15 aromatic rings. The Morgan fingerprint density at radius 2 is 0.727 bits per heavy atom. The zero-order valence-corrected chi connectivity index (χ0v) is 49.1. The molecule has 0 bridgehead atoms. The van der Waals surface area contributed by atoms with Crippen LogP contribution in [0.2, 0.25) is 0 Å². The van der Waals surface area contributed by atoms with Gasteiger partial charge in [0.2, 0.25) is 0 Å². The van der Waals surface area contributed by atoms with Crippen molar-refractivity contribution in [3.8, 4) is 55.6 Å². The Morgan fingerprint density at radius 3 is 1.25 bits per heavy atom. The number of para-hydroxylation sites is 1. The van der Waals surface area contributed by atoms with Crippen LogP contribution in [-0.2, 0) is 5.41 Å². The average molecular weight is 1150 g/mol. The Bertz CT molecular complexity index is 5040. The fourth-order valence-corrected chi connectivity index (χ4v) is 14.0. The number of rotatable bonds is 12. The van der Waals surface area contributed by atoms with E-state index in [9.17, 15) is 0 Å². The minimum Gasteiger partial charge on any atom is -0.455 e. The third-order valence-corrected chi connectivity index (χ3v) is 18.1. The lowest BCUT2D eigenvalue weighted by atomic mass is 9.67. The summed E-state index contributed by atoms with van der Waals surface area (Å²) < 4.78 is 23.1. The number of hydrogen-bond donors (Lipinski definition) is 0. The molecule has 0 saturated heterocycles. The van der Waals surface area contributed by atoms with Gasteiger partial charge in [0.25, 0.3) is 0 Å². The van der Waals surface area contributed by atoms with Crippen molar-refractivity contribution in [2.24, 2.45) is 0 Å². The molecule has 16 rings (SSSR count). The van der Waals surface area contributed by atoms with Crippen molar-refractivity contribution in [2.45, 2.75) is 5.41 Å². The molecule has 88 heavy (non-hydrogen) atoms. The second-order valence-electron chi connectivity index (χ2n) is 22.6. The van der Waals surface area contributed by atoms with Crippen LogP contribution in [0.1, 0.15) is 22.3 Å². The summed E-state index contributed by atoms with van der Waals surface area (Å²) in [4.78, 5) is 4.83. The standard InChI is InChI=1S/C83H56FN2OP/c84-63-41-43-64(44-42-63)85(74-49-39-59(55-23-7-1-8-24-55)51-70(74)57-27-11-3-12-28-57)76-53-72-79(68-36-20-19-35-67(68)76)81-73(83(72,61-31-15-5-16-32-61)62-33-17-6-18-34-62)54-77(80-69-37-21-22-38-78(69)87-82(80)81)86(65-45-47-66(88)48-46-65)75-50-40-60(56-25-9-2-10-26-56)52-71(75)58-29-13-4-14-30-58/h1-54H,88H2. The van der Waals surface area contributed by atoms with E-state index in [0.29, 0.717) is 0 Å². The van der Waals surface area contributed by atoms with Gasteiger partial charge in [0.15, 0.2) is 0 Å². The van der Waals surface area contributed by atoms with E-state index in [1.54, 1.807) is 12.1 Å². The maximum atomic E-state index is 15.5. The van der Waals surface area contributed by atoms with Gasteiger partial charge in [-0.2, -0.15) is 0 Å². The predicted octanol–water partition coefficient (Wildman–Crippen LogP) is 22.3. The monoisotopic (exact) mass is 1150 g/mol. The van der Waals surface area contributed by atoms with Gasteiger partial charge in [-0.15, -0.1) is 9.24 Å². The molecular formula is C83H56FN2OP. The van der Waals surface area contributed by atoms with Gasteiger partial charge >= 0.3 is 0 Å². The zero-order valence-electron chi connectivity index (χ0n) is 47.9. The van der Waals surface area contributed by atoms with Crippen LogP contribution in [0.4, 0.5) is 38.5 Å². The first-order valence-electron chi connectivity index (χ1n) is 29.9. The lowest BCUT2D eigenvalue weighted by molar-refractivity contribution is 0.628. The van der Waals surface area contributed by atoms with Crippen LogP contribution >= 0.6 is 9.24 Å². The average Bonchev–Trinajstić information content (AvgIpc) is 1.50. The predicted molar refractivity (Wildman–Crippen MR) is 369 cm³/mol. The summed E-state index contributed by atoms with van der Waals surface area (Å²) in [6.07, 6.45) is 0. The minimum absolute atomic E-state index is 0.305. The number of nitrogens with zero attached hydrogens (tertiary/aromatic N) is 2. The van der Waals surface area contributed by atoms with Crippen LogP contribution < -0.4 is 15.1 Å². The van der Waals surface area contributed by atoms with Gasteiger partial charge in [-0.3, -0.25) is 0 Å². The molecule has 0 N–H and O–H groups in total. The van der Waals surface area contributed by atoms with Crippen molar-refractivity contribution < 1.29 is 8.81 Å². The number of benzene rings is 14. The molecule has 1 aromatic heterocycles. The molecule has 0 radical (unpaired) electrons. The van der Waals surface area contributed by atoms with Crippen LogP contribution in [-0.4, -0.2) is 0 Å². The number of anilines is 6. The van der Waals surface area contributed by atoms with Gasteiger partial charge in [0, 0.05) is 38.8 Å². The second-order valence-corrected chi connectivity index (χ2v) is 23.3. The van der Waals surface area contributed by atoms with E-state index in [-0.39, 0.29) is 5.82 Å². The Balaban J connectivity index is 1.06. The summed E-state index contributed by atoms with van der Waals surface area (Å²) in [6.45, 7) is 0. The molecule has 3 nitrogen and oxygen atoms in total. The van der Waals surface area contributed by atoms with Crippen LogP contribution in [0.25, 0.3) is 88.3 Å². The minimum atomic E-state index is -0.962. The summed E-state index contributed by atoms with van der Waals surface area (Å²) in [5.41, 5.74) is 21.6. The first-order chi connectivity index (χ1) is 43.5. The van der Waals surface area contributed by atoms with E-state index >= 15 is 4.39 Å². The Kier molecular flexibility index (Phi) is 13.1. The summed E-state index contributed by atoms with van der Waals surface area (Å²) in [5, 5.41) is 5.19. The fraction of sp³-hybridized carbons (Fsp3) is 0.0120. The molecule has 1 unspecified atom stereocenters. The maximum Gasteiger partial charge on any atom is 0.145 e. The molecule has 1 aliphatic rings. The van der Waals surface area contributed by atoms with Crippen molar-refractivity contribution in [1.29, 1.82) is 0 Å². The summed E-state index contributed by atoms with van der Waals surface area (Å²) in [7, 11) is 2.90. The molecule has 416 valence electrons. The second kappa shape index (κ2) is 21.9. The highest BCUT2D eigenvalue weighted by molar-refractivity contribution is 7.27. The van der Waals surface area contributed by atoms with Crippen LogP contribution in [0.5, 0.6) is 0 Å². The largest absolute Gasteiger partial charge is 0.455 e. The Hall–Kier alpha value is -10.9. The third-order valence-electron chi connectivity index (χ3n) is 17.7. The fourth-order valence-electron chi connectivity index (χ4n) is 13.8. The third kappa shape index (κ3) is 8.75. The summed E-state index contributed by atoms with van der Waals surface area (Å²) in [5.74, 6) is -0.305. The summed E-state index contributed by atoms with van der Waals surface area (Å²) >= 11 is 0. The van der Waals surface area contributed by atoms with Crippen molar-refractivity contribution in [1.82, 2.24) is 0 Å². The Morgan fingerprint density at radius 1 is 0.318 bits per heavy atom. The van der Waals surface area contributed by atoms with Gasteiger partial charge in [-0.1, -0.05) is 249 Å². The number of furan rings is 1. The van der Waals surface area contributed by atoms with Crippen molar-refractivity contribution in [3.63, 3.8) is 0 Å². The molecule has 0 amide bonds. The van der Waals surface area contributed by atoms with E-state index in [4.69, 9.17) is 4.42 Å². The number of halogens is 1. The first-order valence-corrected chi connectivity index (χ1v) is 30.4. The van der Waals surface area contributed by atoms with Gasteiger partial charge in [-0.05, 0) is 151 Å². The number of hydrogen-bond acceptors (Lipinski definition) is 3. The molecule has 0 saturated carbocycles. The number of fused-ring (bicyclic) bond motifs is 9. The maximum absolute atomic E-state index is 15.5. The lowest BCUT2D eigenvalue weighted by Gasteiger charge is -2.36. The van der Waals surface area contributed by atoms with Crippen molar-refractivity contribution in [3.05, 3.63) is 356 Å². The topological polar surface area (TPSA) is 19.6 Å². The molecular weight excluding hydrogens is 1090 g/mol. The SMILES string of the molecule is Fc1ccc(N(c2ccc(-c3ccccc3)cc2-c2ccccc2)c2cc3c(c4ccccc24)-c2c(cc(N(c4ccc(P)cc4)c4ccc(-c5ccccc5)cc4-c4ccccc4)c4c2oc2ccccc24)C3(c2ccccc2)c2ccccc2)cc1. The van der Waals surface area contributed by atoms with E-state index in [0.717, 1.165) is 150 Å². The van der Waals surface area contributed by atoms with Gasteiger partial charge < -0.3 is 14.2 Å². The van der Waals surface area contributed by atoms with Gasteiger partial charge in [0.05, 0.1) is 33.6 Å². The van der Waals surface area contributed by atoms with Gasteiger partial charge in [0.1, 0.15) is 17.0 Å². The zero-order chi connectivity index (χ0) is 58.7. The molecule has 1 heterocycles. The highest BCUT2D eigenvalue weighted by Gasteiger charge is 2.50. The molecule has 0 fully saturated rings. The van der Waals surface area contributed by atoms with Crippen LogP contribution in [0.3, 0.4) is 0 Å². The van der Waals surface area contributed by atoms with Gasteiger partial charge in [-0.25, -0.2) is 4.39 Å². The normalized spacial score (nSPS) is 12.3. The van der Waals surface area contributed by atoms with E-state index in [1.165, 1.54) is 0 Å². The molecule has 1 atom stereocenters. The quantitative estimate of drug-likeness (QED) is 0.114. The molecule has 0 spiro atoms. The summed E-state index contributed by atoms with van der Waals surface area (Å²) in [6, 6.07) is 116. The molecule has 1 aliphatic carbocycles. The van der Waals surface area contributed by atoms with Crippen molar-refractivity contribution >= 4 is 81.4 Å². The smallest absolute Gasteiger partial charge is 0.145 e. The van der Waals surface area contributed by atoms with Crippen molar-refractivity contribution in [2.75, 3.05) is 9.80 Å². The lowest BCUT2D eigenvalue weighted by Crippen LogP contribution is -2.29. The first kappa shape index (κ1) is 52.6.